The number of nitrogens with zero attached hydrogens (tertiary/aromatic N) is 4. The van der Waals surface area contributed by atoms with Crippen molar-refractivity contribution in [1.29, 1.82) is 0 Å². The van der Waals surface area contributed by atoms with Gasteiger partial charge in [0, 0.05) is 91.8 Å². The Labute approximate surface area is 594 Å². The van der Waals surface area contributed by atoms with Crippen molar-refractivity contribution >= 4 is 92.6 Å². The first kappa shape index (κ1) is 67.7. The van der Waals surface area contributed by atoms with Crippen LogP contribution in [-0.4, -0.2) is 29.9 Å². The third-order valence-corrected chi connectivity index (χ3v) is 24.2. The molecule has 4 heterocycles. The zero-order chi connectivity index (χ0) is 68.0. The minimum atomic E-state index is 0.00376. The van der Waals surface area contributed by atoms with Gasteiger partial charge < -0.3 is 9.97 Å². The Bertz CT molecular complexity index is 4560. The maximum atomic E-state index is 5.91. The fourth-order valence-electron chi connectivity index (χ4n) is 12.0. The SMILES string of the molecule is CC(C)(C)c1ccc(Sc2ccc(Sc3ccc(C(C)(C)C)cc3)c3c2-c2nc-3[nH]c3nc(nc4[nH]c(n2)c2c(Sc5ccc(C(C)(C)C)cc5)ccc(Sc5ccc(C(C)(C)C)cc5)c42)-c2c(Sc4ccc(C(C)(C)C)cc4)ccc(Sc4ccc(C(C)(C)C)cc4)c2-3)cc1. The second kappa shape index (κ2) is 25.8. The molecule has 0 atom stereocenters. The van der Waals surface area contributed by atoms with E-state index in [1.54, 1.807) is 70.6 Å². The van der Waals surface area contributed by atoms with Crippen LogP contribution in [0.3, 0.4) is 0 Å². The van der Waals surface area contributed by atoms with E-state index in [1.807, 2.05) is 0 Å². The smallest absolute Gasteiger partial charge is 0.165 e. The average Bonchev–Trinajstić information content (AvgIpc) is 1.57. The Hall–Kier alpha value is -6.90. The van der Waals surface area contributed by atoms with Gasteiger partial charge in [-0.25, -0.2) is 19.9 Å². The summed E-state index contributed by atoms with van der Waals surface area (Å²) in [6, 6.07) is 68.1. The molecule has 2 N–H and O–H groups in total. The Balaban J connectivity index is 1.13. The summed E-state index contributed by atoms with van der Waals surface area (Å²) >= 11 is 10.5. The number of nitrogens with one attached hydrogen (secondary N) is 2. The Morgan fingerprint density at radius 3 is 0.635 bits per heavy atom. The second-order valence-corrected chi connectivity index (χ2v) is 38.1. The number of aromatic nitrogens is 6. The first-order valence-corrected chi connectivity index (χ1v) is 38.0. The van der Waals surface area contributed by atoms with Crippen LogP contribution in [0.1, 0.15) is 158 Å². The lowest BCUT2D eigenvalue weighted by atomic mass is 9.87. The standard InChI is InChI=1S/C84H86N6S6/c1-79(2,3)49-19-31-55(32-20-49)91-61-43-44-62(92-56-33-21-50(22-34-56)80(4,5)6)68-67(61)73-85-74(68)89-76-71-65(95-59-39-27-53(28-40-59)83(13,14)15)47-48-66(96-60-41-29-54(30-42-60)84(16,17)18)72(71)78(87-76)90-77-70-64(94-58-37-25-52(26-38-58)82(10,11)12)46-45-63(69(70)75(86-77)88-73)93-57-35-23-51(24-36-57)81(7,8)9/h19-48H,1-18H3,(H2,85,86,87,88,89,90). The lowest BCUT2D eigenvalue weighted by Crippen LogP contribution is -2.10. The molecule has 0 amide bonds. The van der Waals surface area contributed by atoms with Crippen LogP contribution in [0.4, 0.5) is 0 Å². The highest BCUT2D eigenvalue weighted by atomic mass is 32.2. The number of rotatable bonds is 12. The van der Waals surface area contributed by atoms with Gasteiger partial charge in [0.1, 0.15) is 22.9 Å². The highest BCUT2D eigenvalue weighted by Gasteiger charge is 2.33. The van der Waals surface area contributed by atoms with Crippen LogP contribution in [0.2, 0.25) is 0 Å². The van der Waals surface area contributed by atoms with Gasteiger partial charge in [-0.05, 0) is 175 Å². The molecule has 12 heteroatoms. The lowest BCUT2D eigenvalue weighted by molar-refractivity contribution is 0.589. The topological polar surface area (TPSA) is 83.1 Å². The van der Waals surface area contributed by atoms with E-state index in [9.17, 15) is 0 Å². The van der Waals surface area contributed by atoms with Crippen molar-refractivity contribution in [3.8, 4) is 45.6 Å². The summed E-state index contributed by atoms with van der Waals surface area (Å²) < 4.78 is 0. The van der Waals surface area contributed by atoms with Gasteiger partial charge in [0.05, 0.1) is 0 Å². The van der Waals surface area contributed by atoms with Gasteiger partial charge in [-0.3, -0.25) is 0 Å². The summed E-state index contributed by atoms with van der Waals surface area (Å²) in [6.07, 6.45) is 0. The van der Waals surface area contributed by atoms with Gasteiger partial charge in [-0.1, -0.05) is 268 Å². The number of hydrogen-bond acceptors (Lipinski definition) is 10. The van der Waals surface area contributed by atoms with Crippen LogP contribution in [-0.2, 0) is 32.5 Å². The molecule has 0 fully saturated rings. The van der Waals surface area contributed by atoms with Crippen LogP contribution >= 0.6 is 70.6 Å². The van der Waals surface area contributed by atoms with Gasteiger partial charge in [-0.15, -0.1) is 0 Å². The highest BCUT2D eigenvalue weighted by molar-refractivity contribution is 8.01. The largest absolute Gasteiger partial charge is 0.324 e. The third-order valence-electron chi connectivity index (χ3n) is 17.8. The van der Waals surface area contributed by atoms with Crippen molar-refractivity contribution in [3.05, 3.63) is 215 Å². The highest BCUT2D eigenvalue weighted by Crippen LogP contribution is 2.54. The monoisotopic (exact) mass is 1370 g/mol. The van der Waals surface area contributed by atoms with E-state index in [1.165, 1.54) is 33.4 Å². The molecule has 2 aliphatic rings. The summed E-state index contributed by atoms with van der Waals surface area (Å²) in [7, 11) is 0. The van der Waals surface area contributed by atoms with E-state index in [0.717, 1.165) is 91.8 Å². The van der Waals surface area contributed by atoms with Crippen molar-refractivity contribution in [3.63, 3.8) is 0 Å². The Kier molecular flexibility index (Phi) is 18.2. The normalized spacial score (nSPS) is 12.9. The zero-order valence-electron chi connectivity index (χ0n) is 58.6. The summed E-state index contributed by atoms with van der Waals surface area (Å²) in [4.78, 5) is 44.6. The Morgan fingerprint density at radius 1 is 0.219 bits per heavy atom. The minimum absolute atomic E-state index is 0.00376. The molecule has 11 aromatic rings. The summed E-state index contributed by atoms with van der Waals surface area (Å²) in [6.45, 7) is 40.9. The van der Waals surface area contributed by atoms with Crippen LogP contribution in [0, 0.1) is 0 Å². The first-order chi connectivity index (χ1) is 45.3. The van der Waals surface area contributed by atoms with Crippen molar-refractivity contribution < 1.29 is 0 Å². The molecule has 96 heavy (non-hydrogen) atoms. The third kappa shape index (κ3) is 14.4. The molecule has 2 aliphatic heterocycles. The zero-order valence-corrected chi connectivity index (χ0v) is 63.5. The van der Waals surface area contributed by atoms with Crippen molar-refractivity contribution in [2.75, 3.05) is 0 Å². The van der Waals surface area contributed by atoms with E-state index in [2.05, 4.69) is 317 Å². The molecule has 0 saturated carbocycles. The fraction of sp³-hybridized carbons (Fsp3) is 0.286. The first-order valence-electron chi connectivity index (χ1n) is 33.1. The quantitative estimate of drug-likeness (QED) is 0.123. The number of hydrogen-bond donors (Lipinski definition) is 2. The van der Waals surface area contributed by atoms with Crippen LogP contribution in [0.5, 0.6) is 0 Å². The Morgan fingerprint density at radius 2 is 0.417 bits per heavy atom. The van der Waals surface area contributed by atoms with Gasteiger partial charge >= 0.3 is 0 Å². The molecule has 6 bridgehead atoms. The molecule has 488 valence electrons. The van der Waals surface area contributed by atoms with Gasteiger partial charge in [0.25, 0.3) is 0 Å². The van der Waals surface area contributed by atoms with Crippen molar-refractivity contribution in [1.82, 2.24) is 29.9 Å². The predicted molar refractivity (Wildman–Crippen MR) is 412 cm³/mol. The van der Waals surface area contributed by atoms with Crippen LogP contribution < -0.4 is 0 Å². The molecule has 0 saturated heterocycles. The number of aromatic amines is 2. The molecule has 0 radical (unpaired) electrons. The maximum absolute atomic E-state index is 5.91. The molecule has 9 aromatic carbocycles. The summed E-state index contributed by atoms with van der Waals surface area (Å²) in [5.74, 6) is 2.55. The number of benzene rings is 9. The molecule has 0 spiro atoms. The lowest BCUT2D eigenvalue weighted by Gasteiger charge is -2.20. The summed E-state index contributed by atoms with van der Waals surface area (Å²) in [5, 5.41) is 1.94. The maximum Gasteiger partial charge on any atom is 0.165 e. The number of H-pyrrole nitrogens is 2. The molecular weight excluding hydrogens is 1290 g/mol. The van der Waals surface area contributed by atoms with Gasteiger partial charge in [0.2, 0.25) is 0 Å². The molecule has 0 aliphatic carbocycles. The van der Waals surface area contributed by atoms with Gasteiger partial charge in [0.15, 0.2) is 11.6 Å². The van der Waals surface area contributed by atoms with E-state index < -0.39 is 0 Å². The molecule has 0 unspecified atom stereocenters. The van der Waals surface area contributed by atoms with E-state index >= 15 is 0 Å². The fourth-order valence-corrected chi connectivity index (χ4v) is 17.8. The van der Waals surface area contributed by atoms with E-state index in [0.29, 0.717) is 34.6 Å². The summed E-state index contributed by atoms with van der Waals surface area (Å²) in [5.41, 5.74) is 13.0. The second-order valence-electron chi connectivity index (χ2n) is 31.4. The molecular formula is C84H86N6S6. The van der Waals surface area contributed by atoms with E-state index in [4.69, 9.17) is 19.9 Å². The van der Waals surface area contributed by atoms with Crippen LogP contribution in [0.25, 0.3) is 67.6 Å². The number of fused-ring (bicyclic) bond motifs is 15. The van der Waals surface area contributed by atoms with Gasteiger partial charge in [-0.2, -0.15) is 0 Å². The van der Waals surface area contributed by atoms with Crippen molar-refractivity contribution in [2.45, 2.75) is 216 Å². The minimum Gasteiger partial charge on any atom is -0.324 e. The molecule has 6 nitrogen and oxygen atoms in total. The van der Waals surface area contributed by atoms with E-state index in [-0.39, 0.29) is 32.5 Å². The molecule has 13 rings (SSSR count). The van der Waals surface area contributed by atoms with Crippen molar-refractivity contribution in [2.24, 2.45) is 0 Å². The average molecular weight is 1370 g/mol. The molecule has 2 aromatic heterocycles. The predicted octanol–water partition coefficient (Wildman–Crippen LogP) is 25.9. The van der Waals surface area contributed by atoms with Crippen LogP contribution in [0.15, 0.2) is 241 Å².